The first-order valence-corrected chi connectivity index (χ1v) is 6.17. The topological polar surface area (TPSA) is 28.2 Å². The highest BCUT2D eigenvalue weighted by molar-refractivity contribution is 5.45. The van der Waals surface area contributed by atoms with Crippen LogP contribution in [0.5, 0.6) is 0 Å². The van der Waals surface area contributed by atoms with E-state index < -0.39 is 0 Å². The fraction of sp³-hybridized carbons (Fsp3) is 0.615. The first kappa shape index (κ1) is 11.4. The summed E-state index contributed by atoms with van der Waals surface area (Å²) in [6.45, 7) is 6.76. The summed E-state index contributed by atoms with van der Waals surface area (Å²) in [4.78, 5) is 6.53. The molecule has 0 aromatic carbocycles. The molecule has 2 rings (SSSR count). The molecule has 1 aliphatic rings. The van der Waals surface area contributed by atoms with Crippen molar-refractivity contribution in [1.82, 2.24) is 10.3 Å². The summed E-state index contributed by atoms with van der Waals surface area (Å²) in [6.07, 6.45) is 6.35. The van der Waals surface area contributed by atoms with Crippen LogP contribution in [0.1, 0.15) is 26.7 Å². The molecule has 1 aromatic rings. The number of nitrogens with zero attached hydrogens (tertiary/aromatic N) is 2. The summed E-state index contributed by atoms with van der Waals surface area (Å²) in [7, 11) is 0. The molecule has 0 spiro atoms. The molecular weight excluding hydrogens is 198 g/mol. The summed E-state index contributed by atoms with van der Waals surface area (Å²) >= 11 is 0. The average molecular weight is 219 g/mol. The van der Waals surface area contributed by atoms with Gasteiger partial charge in [0.2, 0.25) is 0 Å². The number of hydrogen-bond donors (Lipinski definition) is 1. The summed E-state index contributed by atoms with van der Waals surface area (Å²) < 4.78 is 0. The van der Waals surface area contributed by atoms with Crippen molar-refractivity contribution in [1.29, 1.82) is 0 Å². The maximum absolute atomic E-state index is 4.08. The van der Waals surface area contributed by atoms with E-state index in [4.69, 9.17) is 0 Å². The Morgan fingerprint density at radius 1 is 1.44 bits per heavy atom. The second-order valence-electron chi connectivity index (χ2n) is 4.74. The van der Waals surface area contributed by atoms with Crippen molar-refractivity contribution < 1.29 is 0 Å². The molecule has 1 aliphatic heterocycles. The highest BCUT2D eigenvalue weighted by Crippen LogP contribution is 2.18. The number of nitrogens with one attached hydrogen (secondary N) is 1. The Morgan fingerprint density at radius 2 is 2.19 bits per heavy atom. The lowest BCUT2D eigenvalue weighted by Crippen LogP contribution is -2.41. The van der Waals surface area contributed by atoms with Gasteiger partial charge in [-0.05, 0) is 45.4 Å². The van der Waals surface area contributed by atoms with Gasteiger partial charge in [0.25, 0.3) is 0 Å². The number of anilines is 1. The fourth-order valence-corrected chi connectivity index (χ4v) is 2.30. The van der Waals surface area contributed by atoms with Crippen molar-refractivity contribution in [3.63, 3.8) is 0 Å². The molecule has 0 bridgehead atoms. The minimum atomic E-state index is 0.532. The predicted octanol–water partition coefficient (Wildman–Crippen LogP) is 2.05. The van der Waals surface area contributed by atoms with Crippen LogP contribution in [0.15, 0.2) is 24.5 Å². The van der Waals surface area contributed by atoms with E-state index in [0.717, 1.165) is 6.54 Å². The van der Waals surface area contributed by atoms with Crippen molar-refractivity contribution in [2.24, 2.45) is 0 Å². The van der Waals surface area contributed by atoms with E-state index in [0.29, 0.717) is 12.1 Å². The molecule has 3 nitrogen and oxygen atoms in total. The van der Waals surface area contributed by atoms with E-state index in [1.165, 1.54) is 25.1 Å². The van der Waals surface area contributed by atoms with E-state index in [1.54, 1.807) is 0 Å². The largest absolute Gasteiger partial charge is 0.367 e. The fourth-order valence-electron chi connectivity index (χ4n) is 2.30. The Morgan fingerprint density at radius 3 is 2.75 bits per heavy atom. The van der Waals surface area contributed by atoms with Gasteiger partial charge in [-0.2, -0.15) is 0 Å². The van der Waals surface area contributed by atoms with Gasteiger partial charge in [0.15, 0.2) is 0 Å². The van der Waals surface area contributed by atoms with E-state index in [2.05, 4.69) is 41.2 Å². The normalized spacial score (nSPS) is 20.3. The van der Waals surface area contributed by atoms with E-state index in [9.17, 15) is 0 Å². The Labute approximate surface area is 97.9 Å². The summed E-state index contributed by atoms with van der Waals surface area (Å²) in [5.74, 6) is 0. The number of aromatic nitrogens is 1. The number of rotatable bonds is 4. The maximum Gasteiger partial charge on any atom is 0.0399 e. The van der Waals surface area contributed by atoms with Gasteiger partial charge in [0, 0.05) is 36.7 Å². The van der Waals surface area contributed by atoms with Crippen LogP contribution in [-0.2, 0) is 0 Å². The number of hydrogen-bond acceptors (Lipinski definition) is 3. The van der Waals surface area contributed by atoms with Gasteiger partial charge in [-0.25, -0.2) is 0 Å². The third-order valence-corrected chi connectivity index (χ3v) is 3.20. The quantitative estimate of drug-likeness (QED) is 0.840. The van der Waals surface area contributed by atoms with Crippen LogP contribution in [0.25, 0.3) is 0 Å². The van der Waals surface area contributed by atoms with Crippen LogP contribution in [0.2, 0.25) is 0 Å². The minimum Gasteiger partial charge on any atom is -0.367 e. The van der Waals surface area contributed by atoms with Crippen LogP contribution in [0.4, 0.5) is 5.69 Å². The zero-order valence-electron chi connectivity index (χ0n) is 10.2. The lowest BCUT2D eigenvalue weighted by molar-refractivity contribution is 0.553. The Hall–Kier alpha value is -1.09. The lowest BCUT2D eigenvalue weighted by Gasteiger charge is -2.31. The van der Waals surface area contributed by atoms with Gasteiger partial charge in [-0.15, -0.1) is 0 Å². The van der Waals surface area contributed by atoms with Crippen molar-refractivity contribution in [2.45, 2.75) is 38.8 Å². The van der Waals surface area contributed by atoms with Gasteiger partial charge < -0.3 is 10.2 Å². The van der Waals surface area contributed by atoms with Crippen LogP contribution in [0.3, 0.4) is 0 Å². The van der Waals surface area contributed by atoms with Crippen molar-refractivity contribution >= 4 is 5.69 Å². The molecule has 0 radical (unpaired) electrons. The first-order valence-electron chi connectivity index (χ1n) is 6.17. The SMILES string of the molecule is CC(C)N(CC1CCCN1)c1ccncc1. The summed E-state index contributed by atoms with van der Waals surface area (Å²) in [5.41, 5.74) is 1.28. The van der Waals surface area contributed by atoms with Crippen LogP contribution >= 0.6 is 0 Å². The molecule has 2 heterocycles. The van der Waals surface area contributed by atoms with Gasteiger partial charge in [-0.3, -0.25) is 4.98 Å². The molecule has 0 saturated carbocycles. The highest BCUT2D eigenvalue weighted by Gasteiger charge is 2.19. The Kier molecular flexibility index (Phi) is 3.78. The standard InChI is InChI=1S/C13H21N3/c1-11(2)16(10-12-4-3-7-15-12)13-5-8-14-9-6-13/h5-6,8-9,11-12,15H,3-4,7,10H2,1-2H3. The van der Waals surface area contributed by atoms with Gasteiger partial charge in [0.1, 0.15) is 0 Å². The number of pyridine rings is 1. The van der Waals surface area contributed by atoms with Crippen LogP contribution in [0, 0.1) is 0 Å². The smallest absolute Gasteiger partial charge is 0.0399 e. The minimum absolute atomic E-state index is 0.532. The van der Waals surface area contributed by atoms with Gasteiger partial charge in [0.05, 0.1) is 0 Å². The zero-order valence-corrected chi connectivity index (χ0v) is 10.2. The van der Waals surface area contributed by atoms with Crippen LogP contribution < -0.4 is 10.2 Å². The molecule has 1 saturated heterocycles. The summed E-state index contributed by atoms with van der Waals surface area (Å²) in [5, 5.41) is 3.55. The average Bonchev–Trinajstić information content (AvgIpc) is 2.79. The molecule has 3 heteroatoms. The Balaban J connectivity index is 2.05. The lowest BCUT2D eigenvalue weighted by atomic mass is 10.1. The van der Waals surface area contributed by atoms with Crippen molar-refractivity contribution in [3.8, 4) is 0 Å². The molecule has 16 heavy (non-hydrogen) atoms. The highest BCUT2D eigenvalue weighted by atomic mass is 15.2. The predicted molar refractivity (Wildman–Crippen MR) is 67.7 cm³/mol. The van der Waals surface area contributed by atoms with E-state index in [1.807, 2.05) is 12.4 Å². The van der Waals surface area contributed by atoms with Gasteiger partial charge in [-0.1, -0.05) is 0 Å². The maximum atomic E-state index is 4.08. The molecule has 1 unspecified atom stereocenters. The second kappa shape index (κ2) is 5.30. The van der Waals surface area contributed by atoms with Gasteiger partial charge >= 0.3 is 0 Å². The third-order valence-electron chi connectivity index (χ3n) is 3.20. The molecule has 1 N–H and O–H groups in total. The third kappa shape index (κ3) is 2.73. The van der Waals surface area contributed by atoms with Crippen molar-refractivity contribution in [2.75, 3.05) is 18.0 Å². The molecule has 88 valence electrons. The van der Waals surface area contributed by atoms with Crippen LogP contribution in [-0.4, -0.2) is 30.2 Å². The first-order chi connectivity index (χ1) is 7.77. The summed E-state index contributed by atoms with van der Waals surface area (Å²) in [6, 6.07) is 5.37. The molecule has 1 aromatic heterocycles. The molecule has 1 atom stereocenters. The van der Waals surface area contributed by atoms with E-state index >= 15 is 0 Å². The zero-order chi connectivity index (χ0) is 11.4. The molecule has 1 fully saturated rings. The van der Waals surface area contributed by atoms with Crippen molar-refractivity contribution in [3.05, 3.63) is 24.5 Å². The molecular formula is C13H21N3. The van der Waals surface area contributed by atoms with E-state index in [-0.39, 0.29) is 0 Å². The Bertz CT molecular complexity index is 304. The monoisotopic (exact) mass is 219 g/mol. The second-order valence-corrected chi connectivity index (χ2v) is 4.74. The molecule has 0 amide bonds. The molecule has 0 aliphatic carbocycles.